The quantitative estimate of drug-likeness (QED) is 0.309. The van der Waals surface area contributed by atoms with Crippen LogP contribution < -0.4 is 5.73 Å². The van der Waals surface area contributed by atoms with Gasteiger partial charge in [-0.1, -0.05) is 19.0 Å². The third-order valence-corrected chi connectivity index (χ3v) is 3.03. The van der Waals surface area contributed by atoms with Crippen LogP contribution in [0, 0.1) is 5.41 Å². The van der Waals surface area contributed by atoms with Crippen molar-refractivity contribution in [1.29, 1.82) is 0 Å². The van der Waals surface area contributed by atoms with E-state index in [4.69, 9.17) is 10.9 Å². The van der Waals surface area contributed by atoms with Crippen molar-refractivity contribution in [1.82, 2.24) is 4.90 Å². The topological polar surface area (TPSA) is 78.9 Å². The van der Waals surface area contributed by atoms with E-state index in [1.807, 2.05) is 18.7 Å². The Morgan fingerprint density at radius 1 is 1.38 bits per heavy atom. The predicted molar refractivity (Wildman–Crippen MR) is 62.2 cm³/mol. The van der Waals surface area contributed by atoms with Gasteiger partial charge in [0.25, 0.3) is 0 Å². The Morgan fingerprint density at radius 3 is 2.19 bits per heavy atom. The highest BCUT2D eigenvalue weighted by Crippen LogP contribution is 2.47. The maximum atomic E-state index is 12.3. The first-order chi connectivity index (χ1) is 7.62. The molecular weight excluding hydrogens is 206 g/mol. The lowest BCUT2D eigenvalue weighted by atomic mass is 10.0. The minimum atomic E-state index is -0.695. The normalized spacial score (nSPS) is 18.2. The van der Waals surface area contributed by atoms with E-state index < -0.39 is 5.41 Å². The van der Waals surface area contributed by atoms with Crippen molar-refractivity contribution >= 4 is 11.7 Å². The van der Waals surface area contributed by atoms with Gasteiger partial charge in [0, 0.05) is 13.1 Å². The summed E-state index contributed by atoms with van der Waals surface area (Å²) in [6.45, 7) is 5.57. The standard InChI is InChI=1S/C11H21N3O2/c1-3-7-14(8-4-2)10(15)11(5-6-11)9(12)13-16/h16H,3-8H2,1-2H3,(H2,12,13). The summed E-state index contributed by atoms with van der Waals surface area (Å²) in [6, 6.07) is 0. The molecule has 0 aromatic rings. The molecule has 0 aliphatic heterocycles. The molecule has 1 rings (SSSR count). The van der Waals surface area contributed by atoms with Gasteiger partial charge in [-0.2, -0.15) is 0 Å². The minimum absolute atomic E-state index is 0.0199. The molecule has 0 aromatic heterocycles. The molecule has 1 saturated carbocycles. The van der Waals surface area contributed by atoms with E-state index in [-0.39, 0.29) is 11.7 Å². The predicted octanol–water partition coefficient (Wildman–Crippen LogP) is 1.16. The van der Waals surface area contributed by atoms with Crippen molar-refractivity contribution < 1.29 is 10.0 Å². The van der Waals surface area contributed by atoms with Gasteiger partial charge < -0.3 is 15.8 Å². The molecule has 0 saturated heterocycles. The molecule has 16 heavy (non-hydrogen) atoms. The molecule has 1 aliphatic carbocycles. The SMILES string of the molecule is CCCN(CCC)C(=O)C1(C(N)=NO)CC1. The van der Waals surface area contributed by atoms with Gasteiger partial charge in [0.15, 0.2) is 5.84 Å². The van der Waals surface area contributed by atoms with Crippen molar-refractivity contribution in [2.24, 2.45) is 16.3 Å². The number of hydrogen-bond donors (Lipinski definition) is 2. The van der Waals surface area contributed by atoms with Crippen LogP contribution in [-0.2, 0) is 4.79 Å². The maximum absolute atomic E-state index is 12.3. The Bertz CT molecular complexity index is 279. The smallest absolute Gasteiger partial charge is 0.236 e. The molecular formula is C11H21N3O2. The van der Waals surface area contributed by atoms with E-state index >= 15 is 0 Å². The fourth-order valence-electron chi connectivity index (χ4n) is 1.96. The van der Waals surface area contributed by atoms with Crippen molar-refractivity contribution in [2.75, 3.05) is 13.1 Å². The van der Waals surface area contributed by atoms with Crippen LogP contribution in [0.4, 0.5) is 0 Å². The van der Waals surface area contributed by atoms with E-state index in [0.717, 1.165) is 25.9 Å². The zero-order valence-electron chi connectivity index (χ0n) is 10.1. The molecule has 5 heteroatoms. The molecule has 1 amide bonds. The van der Waals surface area contributed by atoms with Gasteiger partial charge in [0.05, 0.1) is 0 Å². The van der Waals surface area contributed by atoms with Crippen molar-refractivity contribution in [3.05, 3.63) is 0 Å². The van der Waals surface area contributed by atoms with E-state index in [2.05, 4.69) is 5.16 Å². The summed E-state index contributed by atoms with van der Waals surface area (Å²) in [7, 11) is 0. The number of nitrogens with two attached hydrogens (primary N) is 1. The van der Waals surface area contributed by atoms with E-state index in [0.29, 0.717) is 12.8 Å². The summed E-state index contributed by atoms with van der Waals surface area (Å²) in [6.07, 6.45) is 3.26. The molecule has 0 heterocycles. The van der Waals surface area contributed by atoms with Crippen molar-refractivity contribution in [3.8, 4) is 0 Å². The van der Waals surface area contributed by atoms with Crippen molar-refractivity contribution in [3.63, 3.8) is 0 Å². The third kappa shape index (κ3) is 2.28. The molecule has 3 N–H and O–H groups in total. The zero-order chi connectivity index (χ0) is 12.2. The molecule has 5 nitrogen and oxygen atoms in total. The van der Waals surface area contributed by atoms with Gasteiger partial charge >= 0.3 is 0 Å². The van der Waals surface area contributed by atoms with Crippen LogP contribution in [-0.4, -0.2) is 34.9 Å². The highest BCUT2D eigenvalue weighted by Gasteiger charge is 2.55. The van der Waals surface area contributed by atoms with Crippen molar-refractivity contribution in [2.45, 2.75) is 39.5 Å². The summed E-state index contributed by atoms with van der Waals surface area (Å²) in [5.74, 6) is 0.0845. The Hall–Kier alpha value is -1.26. The average Bonchev–Trinajstić information content (AvgIpc) is 3.08. The van der Waals surface area contributed by atoms with Gasteiger partial charge in [-0.15, -0.1) is 0 Å². The van der Waals surface area contributed by atoms with Crippen LogP contribution in [0.25, 0.3) is 0 Å². The fourth-order valence-corrected chi connectivity index (χ4v) is 1.96. The van der Waals surface area contributed by atoms with Gasteiger partial charge in [-0.05, 0) is 25.7 Å². The minimum Gasteiger partial charge on any atom is -0.409 e. The first kappa shape index (κ1) is 12.8. The molecule has 0 aromatic carbocycles. The van der Waals surface area contributed by atoms with E-state index in [1.54, 1.807) is 0 Å². The number of amidine groups is 1. The van der Waals surface area contributed by atoms with Crippen LogP contribution in [0.2, 0.25) is 0 Å². The molecule has 1 aliphatic rings. The first-order valence-corrected chi connectivity index (χ1v) is 5.89. The molecule has 0 unspecified atom stereocenters. The molecule has 0 atom stereocenters. The highest BCUT2D eigenvalue weighted by molar-refractivity contribution is 6.09. The average molecular weight is 227 g/mol. The van der Waals surface area contributed by atoms with Gasteiger partial charge in [-0.3, -0.25) is 4.79 Å². The van der Waals surface area contributed by atoms with Gasteiger partial charge in [0.2, 0.25) is 5.91 Å². The summed E-state index contributed by atoms with van der Waals surface area (Å²) in [5, 5.41) is 11.7. The first-order valence-electron chi connectivity index (χ1n) is 5.89. The number of oxime groups is 1. The Kier molecular flexibility index (Phi) is 4.15. The molecule has 0 spiro atoms. The lowest BCUT2D eigenvalue weighted by Crippen LogP contribution is -2.44. The monoisotopic (exact) mass is 227 g/mol. The summed E-state index contributed by atoms with van der Waals surface area (Å²) in [5.41, 5.74) is 4.90. The number of amides is 1. The number of rotatable bonds is 6. The second-order valence-corrected chi connectivity index (χ2v) is 4.36. The Balaban J connectivity index is 2.74. The zero-order valence-corrected chi connectivity index (χ0v) is 10.1. The lowest BCUT2D eigenvalue weighted by molar-refractivity contribution is -0.134. The summed E-state index contributed by atoms with van der Waals surface area (Å²) < 4.78 is 0. The summed E-state index contributed by atoms with van der Waals surface area (Å²) >= 11 is 0. The molecule has 1 fully saturated rings. The number of hydrogen-bond acceptors (Lipinski definition) is 3. The number of nitrogens with zero attached hydrogens (tertiary/aromatic N) is 2. The third-order valence-electron chi connectivity index (χ3n) is 3.03. The second-order valence-electron chi connectivity index (χ2n) is 4.36. The highest BCUT2D eigenvalue weighted by atomic mass is 16.4. The maximum Gasteiger partial charge on any atom is 0.236 e. The number of carbonyl (C=O) groups excluding carboxylic acids is 1. The van der Waals surface area contributed by atoms with Crippen LogP contribution >= 0.6 is 0 Å². The number of carbonyl (C=O) groups is 1. The van der Waals surface area contributed by atoms with Crippen LogP contribution in [0.1, 0.15) is 39.5 Å². The summed E-state index contributed by atoms with van der Waals surface area (Å²) in [4.78, 5) is 14.1. The lowest BCUT2D eigenvalue weighted by Gasteiger charge is -2.26. The second kappa shape index (κ2) is 5.18. The molecule has 0 radical (unpaired) electrons. The van der Waals surface area contributed by atoms with E-state index in [9.17, 15) is 4.79 Å². The Labute approximate surface area is 96.3 Å². The molecule has 0 bridgehead atoms. The van der Waals surface area contributed by atoms with Gasteiger partial charge in [-0.25, -0.2) is 0 Å². The van der Waals surface area contributed by atoms with Crippen LogP contribution in [0.5, 0.6) is 0 Å². The van der Waals surface area contributed by atoms with Crippen LogP contribution in [0.3, 0.4) is 0 Å². The fraction of sp³-hybridized carbons (Fsp3) is 0.818. The van der Waals surface area contributed by atoms with Crippen LogP contribution in [0.15, 0.2) is 5.16 Å². The largest absolute Gasteiger partial charge is 0.409 e. The molecule has 92 valence electrons. The van der Waals surface area contributed by atoms with E-state index in [1.165, 1.54) is 0 Å². The Morgan fingerprint density at radius 2 is 1.88 bits per heavy atom. The van der Waals surface area contributed by atoms with Gasteiger partial charge in [0.1, 0.15) is 5.41 Å².